The van der Waals surface area contributed by atoms with Gasteiger partial charge in [0.15, 0.2) is 0 Å². The van der Waals surface area contributed by atoms with Crippen LogP contribution in [0.4, 0.5) is 0 Å². The fourth-order valence-corrected chi connectivity index (χ4v) is 8.05. The molecule has 0 aromatic heterocycles. The van der Waals surface area contributed by atoms with E-state index < -0.39 is 35.1 Å². The van der Waals surface area contributed by atoms with Gasteiger partial charge in [0.25, 0.3) is 0 Å². The Morgan fingerprint density at radius 2 is 1.28 bits per heavy atom. The number of hydrogen-bond donors (Lipinski definition) is 1. The van der Waals surface area contributed by atoms with Crippen molar-refractivity contribution in [2.24, 2.45) is 11.8 Å². The summed E-state index contributed by atoms with van der Waals surface area (Å²) in [7, 11) is 0. The van der Waals surface area contributed by atoms with Gasteiger partial charge < -0.3 is 24.5 Å². The van der Waals surface area contributed by atoms with Crippen molar-refractivity contribution in [1.29, 1.82) is 0 Å². The van der Waals surface area contributed by atoms with Gasteiger partial charge in [0.2, 0.25) is 17.7 Å². The van der Waals surface area contributed by atoms with E-state index in [-0.39, 0.29) is 24.3 Å². The lowest BCUT2D eigenvalue weighted by atomic mass is 9.73. The summed E-state index contributed by atoms with van der Waals surface area (Å²) in [6, 6.07) is 27.0. The van der Waals surface area contributed by atoms with E-state index in [1.54, 1.807) is 9.80 Å². The van der Waals surface area contributed by atoms with E-state index in [0.29, 0.717) is 38.2 Å². The standard InChI is InChI=1S/C38H39N3O5/c1-2-37-20-12-22-39(24-27-14-6-3-7-15-27)34(43)31(37)32-35(44)41(30(26-42)29-18-10-5-11-19-29)33-36(45)40(23-13-21-38(32,33)46-37)25-28-16-8-4-9-17-28/h3-21,30-33,42H,2,22-26H2,1H3/t30-,31-,32+,33?,37+,38+/m1/s1. The molecule has 46 heavy (non-hydrogen) atoms. The molecule has 236 valence electrons. The summed E-state index contributed by atoms with van der Waals surface area (Å²) in [5.74, 6) is -2.60. The van der Waals surface area contributed by atoms with E-state index in [2.05, 4.69) is 0 Å². The van der Waals surface area contributed by atoms with Crippen LogP contribution in [-0.2, 0) is 32.2 Å². The van der Waals surface area contributed by atoms with Gasteiger partial charge in [-0.05, 0) is 23.1 Å². The minimum absolute atomic E-state index is 0.168. The number of hydrogen-bond acceptors (Lipinski definition) is 5. The van der Waals surface area contributed by atoms with Gasteiger partial charge in [0.1, 0.15) is 11.6 Å². The maximum absolute atomic E-state index is 15.0. The molecule has 8 heteroatoms. The highest BCUT2D eigenvalue weighted by atomic mass is 16.5. The van der Waals surface area contributed by atoms with Crippen LogP contribution in [0.3, 0.4) is 0 Å². The number of aliphatic hydroxyl groups excluding tert-OH is 1. The van der Waals surface area contributed by atoms with Crippen LogP contribution in [0.2, 0.25) is 0 Å². The van der Waals surface area contributed by atoms with E-state index in [0.717, 1.165) is 11.1 Å². The molecule has 8 nitrogen and oxygen atoms in total. The summed E-state index contributed by atoms with van der Waals surface area (Å²) < 4.78 is 7.13. The maximum atomic E-state index is 15.0. The Hall–Kier alpha value is -4.53. The van der Waals surface area contributed by atoms with E-state index >= 15 is 4.79 Å². The maximum Gasteiger partial charge on any atom is 0.249 e. The molecular formula is C38H39N3O5. The fourth-order valence-electron chi connectivity index (χ4n) is 8.05. The number of nitrogens with zero attached hydrogens (tertiary/aromatic N) is 3. The summed E-state index contributed by atoms with van der Waals surface area (Å²) in [6.45, 7) is 3.04. The van der Waals surface area contributed by atoms with Crippen LogP contribution in [0.15, 0.2) is 115 Å². The van der Waals surface area contributed by atoms with E-state index in [1.165, 1.54) is 4.90 Å². The lowest BCUT2D eigenvalue weighted by molar-refractivity contribution is -0.157. The summed E-state index contributed by atoms with van der Waals surface area (Å²) >= 11 is 0. The highest BCUT2D eigenvalue weighted by molar-refractivity contribution is 6.00. The lowest BCUT2D eigenvalue weighted by Gasteiger charge is -2.41. The zero-order valence-electron chi connectivity index (χ0n) is 25.9. The molecule has 0 bridgehead atoms. The number of fused-ring (bicyclic) bond motifs is 2. The zero-order chi connectivity index (χ0) is 31.9. The predicted octanol–water partition coefficient (Wildman–Crippen LogP) is 4.28. The molecule has 2 saturated heterocycles. The second-order valence-corrected chi connectivity index (χ2v) is 12.7. The first kappa shape index (κ1) is 30.1. The molecule has 1 unspecified atom stereocenters. The van der Waals surface area contributed by atoms with Gasteiger partial charge >= 0.3 is 0 Å². The highest BCUT2D eigenvalue weighted by Crippen LogP contribution is 2.59. The molecule has 4 heterocycles. The van der Waals surface area contributed by atoms with Crippen molar-refractivity contribution in [3.8, 4) is 0 Å². The van der Waals surface area contributed by atoms with E-state index in [1.807, 2.05) is 122 Å². The van der Waals surface area contributed by atoms with Gasteiger partial charge in [-0.25, -0.2) is 0 Å². The van der Waals surface area contributed by atoms with Gasteiger partial charge in [-0.1, -0.05) is 122 Å². The Kier molecular flexibility index (Phi) is 7.87. The largest absolute Gasteiger partial charge is 0.394 e. The van der Waals surface area contributed by atoms with Crippen LogP contribution in [0.25, 0.3) is 0 Å². The normalized spacial score (nSPS) is 29.3. The predicted molar refractivity (Wildman–Crippen MR) is 173 cm³/mol. The quantitative estimate of drug-likeness (QED) is 0.382. The number of carbonyl (C=O) groups is 3. The second kappa shape index (κ2) is 12.0. The first-order valence-electron chi connectivity index (χ1n) is 16.1. The Morgan fingerprint density at radius 3 is 1.85 bits per heavy atom. The third kappa shape index (κ3) is 4.79. The highest BCUT2D eigenvalue weighted by Gasteiger charge is 2.76. The lowest BCUT2D eigenvalue weighted by Crippen LogP contribution is -2.57. The molecule has 2 fully saturated rings. The summed E-state index contributed by atoms with van der Waals surface area (Å²) in [6.07, 6.45) is 8.15. The summed E-state index contributed by atoms with van der Waals surface area (Å²) in [5.41, 5.74) is 0.187. The number of likely N-dealkylation sites (tertiary alicyclic amines) is 1. The topological polar surface area (TPSA) is 90.4 Å². The number of amides is 3. The van der Waals surface area contributed by atoms with Gasteiger partial charge in [-0.3, -0.25) is 14.4 Å². The molecule has 3 aromatic carbocycles. The van der Waals surface area contributed by atoms with Crippen LogP contribution in [-0.4, -0.2) is 74.5 Å². The van der Waals surface area contributed by atoms with Crippen molar-refractivity contribution in [2.75, 3.05) is 19.7 Å². The number of rotatable bonds is 8. The van der Waals surface area contributed by atoms with Gasteiger partial charge in [-0.2, -0.15) is 0 Å². The van der Waals surface area contributed by atoms with Crippen LogP contribution in [0.5, 0.6) is 0 Å². The smallest absolute Gasteiger partial charge is 0.249 e. The molecule has 1 spiro atoms. The average molecular weight is 618 g/mol. The molecule has 4 aliphatic rings. The molecule has 3 aromatic rings. The zero-order valence-corrected chi connectivity index (χ0v) is 25.9. The molecule has 0 radical (unpaired) electrons. The van der Waals surface area contributed by atoms with Crippen LogP contribution in [0, 0.1) is 11.8 Å². The molecule has 1 N–H and O–H groups in total. The Morgan fingerprint density at radius 1 is 0.739 bits per heavy atom. The number of benzene rings is 3. The Bertz CT molecular complexity index is 1660. The first-order valence-corrected chi connectivity index (χ1v) is 16.1. The molecule has 6 atom stereocenters. The number of ether oxygens (including phenoxy) is 1. The van der Waals surface area contributed by atoms with Gasteiger partial charge in [-0.15, -0.1) is 0 Å². The van der Waals surface area contributed by atoms with Crippen LogP contribution in [0.1, 0.15) is 36.1 Å². The van der Waals surface area contributed by atoms with Crippen molar-refractivity contribution >= 4 is 17.7 Å². The molecule has 0 saturated carbocycles. The average Bonchev–Trinajstić information content (AvgIpc) is 3.39. The molecule has 3 amide bonds. The van der Waals surface area contributed by atoms with Gasteiger partial charge in [0.05, 0.1) is 30.1 Å². The van der Waals surface area contributed by atoms with E-state index in [4.69, 9.17) is 4.74 Å². The van der Waals surface area contributed by atoms with Crippen LogP contribution >= 0.6 is 0 Å². The Labute approximate surface area is 269 Å². The van der Waals surface area contributed by atoms with Crippen molar-refractivity contribution in [3.63, 3.8) is 0 Å². The van der Waals surface area contributed by atoms with Gasteiger partial charge in [0, 0.05) is 26.2 Å². The van der Waals surface area contributed by atoms with E-state index in [9.17, 15) is 14.7 Å². The first-order chi connectivity index (χ1) is 22.4. The van der Waals surface area contributed by atoms with Crippen molar-refractivity contribution < 1.29 is 24.2 Å². The third-order valence-corrected chi connectivity index (χ3v) is 10.2. The van der Waals surface area contributed by atoms with Crippen molar-refractivity contribution in [3.05, 3.63) is 132 Å². The summed E-state index contributed by atoms with van der Waals surface area (Å²) in [4.78, 5) is 49.6. The molecular weight excluding hydrogens is 578 g/mol. The van der Waals surface area contributed by atoms with Crippen molar-refractivity contribution in [2.45, 2.75) is 49.7 Å². The summed E-state index contributed by atoms with van der Waals surface area (Å²) in [5, 5.41) is 10.8. The molecule has 7 rings (SSSR count). The fraction of sp³-hybridized carbons (Fsp3) is 0.342. The van der Waals surface area contributed by atoms with Crippen LogP contribution < -0.4 is 0 Å². The SMILES string of the molecule is CC[C@]12C=CCN(Cc3ccccc3)C(=O)[C@H]1[C@H]1C(=O)N([C@H](CO)c3ccccc3)C3C(=O)N(Cc4ccccc4)CC=C[C@@]31O2. The number of carbonyl (C=O) groups excluding carboxylic acids is 3. The second-order valence-electron chi connectivity index (χ2n) is 12.7. The monoisotopic (exact) mass is 617 g/mol. The number of aliphatic hydroxyl groups is 1. The molecule has 4 aliphatic heterocycles. The minimum atomic E-state index is -1.40. The third-order valence-electron chi connectivity index (χ3n) is 10.2. The minimum Gasteiger partial charge on any atom is -0.394 e. The Balaban J connectivity index is 1.35. The van der Waals surface area contributed by atoms with Crippen molar-refractivity contribution in [1.82, 2.24) is 14.7 Å². The molecule has 0 aliphatic carbocycles.